The summed E-state index contributed by atoms with van der Waals surface area (Å²) >= 11 is 2.85. The van der Waals surface area contributed by atoms with E-state index in [0.29, 0.717) is 22.8 Å². The number of amides is 3. The van der Waals surface area contributed by atoms with E-state index in [0.717, 1.165) is 11.1 Å². The smallest absolute Gasteiger partial charge is 0.356 e. The van der Waals surface area contributed by atoms with E-state index in [4.69, 9.17) is 14.3 Å². The number of esters is 2. The van der Waals surface area contributed by atoms with Gasteiger partial charge < -0.3 is 24.9 Å². The number of hydrogen-bond acceptors (Lipinski definition) is 12. The number of hydrogen-bond donors (Lipinski definition) is 2. The lowest BCUT2D eigenvalue weighted by Gasteiger charge is -2.49. The van der Waals surface area contributed by atoms with Crippen LogP contribution >= 0.6 is 23.5 Å². The number of thioether (sulfide) groups is 2. The summed E-state index contributed by atoms with van der Waals surface area (Å²) < 4.78 is 11.4. The first kappa shape index (κ1) is 37.1. The molecule has 266 valence electrons. The highest BCUT2D eigenvalue weighted by molar-refractivity contribution is 8.06. The molecular formula is C36H37N5O8S2. The maximum absolute atomic E-state index is 14.0. The SMILES string of the molecule is CCSC1=C(C(=O)OC(c2ccccc2)c2ccccc2)N2C(=O)C(NC(=O)C(=NOCC(=O)OC(C)(C)C)c3cccc(NC=O)n3)[C@@H]2SC1. The van der Waals surface area contributed by atoms with Crippen molar-refractivity contribution in [3.63, 3.8) is 0 Å². The van der Waals surface area contributed by atoms with Gasteiger partial charge in [-0.15, -0.1) is 23.5 Å². The van der Waals surface area contributed by atoms with Crippen LogP contribution in [0.3, 0.4) is 0 Å². The van der Waals surface area contributed by atoms with Crippen molar-refractivity contribution in [2.45, 2.75) is 50.8 Å². The van der Waals surface area contributed by atoms with Crippen molar-refractivity contribution in [2.75, 3.05) is 23.4 Å². The van der Waals surface area contributed by atoms with Gasteiger partial charge in [-0.2, -0.15) is 0 Å². The number of carbonyl (C=O) groups excluding carboxylic acids is 5. The number of ether oxygens (including phenoxy) is 2. The van der Waals surface area contributed by atoms with Crippen molar-refractivity contribution in [1.82, 2.24) is 15.2 Å². The minimum absolute atomic E-state index is 0.00197. The third-order valence-electron chi connectivity index (χ3n) is 7.33. The third kappa shape index (κ3) is 9.15. The Bertz CT molecular complexity index is 1790. The lowest BCUT2D eigenvalue weighted by Crippen LogP contribution is -2.71. The zero-order valence-corrected chi connectivity index (χ0v) is 30.0. The van der Waals surface area contributed by atoms with E-state index >= 15 is 0 Å². The average Bonchev–Trinajstić information content (AvgIpc) is 3.11. The number of rotatable bonds is 14. The highest BCUT2D eigenvalue weighted by Crippen LogP contribution is 2.44. The summed E-state index contributed by atoms with van der Waals surface area (Å²) in [5.41, 5.74) is 0.556. The van der Waals surface area contributed by atoms with E-state index in [1.807, 2.05) is 67.6 Å². The molecule has 3 heterocycles. The monoisotopic (exact) mass is 731 g/mol. The fraction of sp³-hybridized carbons (Fsp3) is 0.306. The molecule has 2 atom stereocenters. The molecule has 0 saturated carbocycles. The molecule has 0 bridgehead atoms. The number of nitrogens with zero attached hydrogens (tertiary/aromatic N) is 3. The summed E-state index contributed by atoms with van der Waals surface area (Å²) in [4.78, 5) is 76.3. The van der Waals surface area contributed by atoms with Crippen molar-refractivity contribution >= 4 is 65.2 Å². The number of pyridine rings is 1. The highest BCUT2D eigenvalue weighted by Gasteiger charge is 2.55. The first-order valence-electron chi connectivity index (χ1n) is 16.0. The molecule has 2 aromatic carbocycles. The molecule has 1 unspecified atom stereocenters. The molecule has 2 N–H and O–H groups in total. The van der Waals surface area contributed by atoms with Crippen LogP contribution in [0.25, 0.3) is 0 Å². The van der Waals surface area contributed by atoms with E-state index in [1.54, 1.807) is 20.8 Å². The standard InChI is InChI=1S/C36H37N5O8S2/c1-5-50-25-20-51-34-29(33(45)41(34)30(25)35(46)48-31(22-13-8-6-9-14-22)23-15-10-7-11-16-23)39-32(44)28(24-17-12-18-26(38-24)37-21-42)40-47-19-27(43)49-36(2,3)4/h6-18,21,29,31,34H,5,19-20H2,1-4H3,(H,39,44)(H,37,38,42)/t29?,34-/m0/s1. The average molecular weight is 732 g/mol. The number of nitrogens with one attached hydrogen (secondary N) is 2. The molecule has 2 aliphatic rings. The van der Waals surface area contributed by atoms with Crippen LogP contribution in [0.1, 0.15) is 50.6 Å². The van der Waals surface area contributed by atoms with E-state index in [2.05, 4.69) is 20.8 Å². The quantitative estimate of drug-likeness (QED) is 0.0793. The number of β-lactam (4-membered cyclic amide) rings is 1. The Balaban J connectivity index is 1.38. The summed E-state index contributed by atoms with van der Waals surface area (Å²) in [5, 5.41) is 8.36. The van der Waals surface area contributed by atoms with Crippen molar-refractivity contribution < 1.29 is 38.3 Å². The van der Waals surface area contributed by atoms with Crippen molar-refractivity contribution in [3.05, 3.63) is 106 Å². The highest BCUT2D eigenvalue weighted by atomic mass is 32.2. The van der Waals surface area contributed by atoms with Crippen molar-refractivity contribution in [1.29, 1.82) is 0 Å². The summed E-state index contributed by atoms with van der Waals surface area (Å²) in [6.07, 6.45) is -0.302. The van der Waals surface area contributed by atoms with Crippen LogP contribution in [0.15, 0.2) is 94.6 Å². The molecule has 15 heteroatoms. The van der Waals surface area contributed by atoms with E-state index in [1.165, 1.54) is 46.6 Å². The van der Waals surface area contributed by atoms with Gasteiger partial charge in [-0.25, -0.2) is 14.6 Å². The topological polar surface area (TPSA) is 166 Å². The van der Waals surface area contributed by atoms with Crippen LogP contribution in [0.4, 0.5) is 5.82 Å². The molecule has 0 aliphatic carbocycles. The van der Waals surface area contributed by atoms with Gasteiger partial charge in [0.05, 0.1) is 0 Å². The number of aromatic nitrogens is 1. The maximum Gasteiger partial charge on any atom is 0.356 e. The van der Waals surface area contributed by atoms with E-state index in [9.17, 15) is 24.0 Å². The van der Waals surface area contributed by atoms with Gasteiger partial charge >= 0.3 is 11.9 Å². The summed E-state index contributed by atoms with van der Waals surface area (Å²) in [6.45, 7) is 6.43. The van der Waals surface area contributed by atoms with Crippen LogP contribution in [0, 0.1) is 0 Å². The Morgan fingerprint density at radius 1 is 1.04 bits per heavy atom. The van der Waals surface area contributed by atoms with Crippen molar-refractivity contribution in [3.8, 4) is 0 Å². The second kappa shape index (κ2) is 16.7. The van der Waals surface area contributed by atoms with Gasteiger partial charge in [-0.05, 0) is 49.8 Å². The van der Waals surface area contributed by atoms with Crippen LogP contribution in [-0.2, 0) is 38.3 Å². The minimum atomic E-state index is -1.04. The molecule has 3 amide bonds. The van der Waals surface area contributed by atoms with Crippen molar-refractivity contribution in [2.24, 2.45) is 5.16 Å². The Kier molecular flexibility index (Phi) is 12.2. The zero-order valence-electron chi connectivity index (χ0n) is 28.4. The van der Waals surface area contributed by atoms with Crippen LogP contribution in [0.5, 0.6) is 0 Å². The number of carbonyl (C=O) groups is 5. The molecule has 1 saturated heterocycles. The molecule has 2 aliphatic heterocycles. The van der Waals surface area contributed by atoms with Crippen LogP contribution in [-0.4, -0.2) is 80.9 Å². The number of fused-ring (bicyclic) bond motifs is 1. The zero-order chi connectivity index (χ0) is 36.5. The molecule has 0 radical (unpaired) electrons. The Labute approximate surface area is 303 Å². The Hall–Kier alpha value is -5.15. The van der Waals surface area contributed by atoms with Gasteiger partial charge in [-0.3, -0.25) is 19.3 Å². The van der Waals surface area contributed by atoms with E-state index < -0.39 is 53.5 Å². The van der Waals surface area contributed by atoms with Gasteiger partial charge in [0.15, 0.2) is 11.8 Å². The molecular weight excluding hydrogens is 695 g/mol. The molecule has 3 aromatic rings. The van der Waals surface area contributed by atoms with Gasteiger partial charge in [-0.1, -0.05) is 78.8 Å². The van der Waals surface area contributed by atoms with Gasteiger partial charge in [0.1, 0.15) is 34.2 Å². The normalized spacial score (nSPS) is 17.2. The predicted octanol–water partition coefficient (Wildman–Crippen LogP) is 4.41. The molecule has 5 rings (SSSR count). The van der Waals surface area contributed by atoms with Crippen LogP contribution < -0.4 is 10.6 Å². The third-order valence-corrected chi connectivity index (χ3v) is 9.77. The lowest BCUT2D eigenvalue weighted by molar-refractivity contribution is -0.160. The van der Waals surface area contributed by atoms with E-state index in [-0.39, 0.29) is 22.9 Å². The second-order valence-corrected chi connectivity index (χ2v) is 14.6. The number of anilines is 1. The number of benzene rings is 2. The number of oxime groups is 1. The molecule has 51 heavy (non-hydrogen) atoms. The predicted molar refractivity (Wildman–Crippen MR) is 193 cm³/mol. The van der Waals surface area contributed by atoms with Gasteiger partial charge in [0.25, 0.3) is 11.8 Å². The Morgan fingerprint density at radius 3 is 2.31 bits per heavy atom. The summed E-state index contributed by atoms with van der Waals surface area (Å²) in [5.74, 6) is -1.52. The largest absolute Gasteiger partial charge is 0.457 e. The molecule has 1 aromatic heterocycles. The molecule has 1 fully saturated rings. The summed E-state index contributed by atoms with van der Waals surface area (Å²) in [6, 6.07) is 22.1. The fourth-order valence-corrected chi connectivity index (χ4v) is 7.65. The Morgan fingerprint density at radius 2 is 1.71 bits per heavy atom. The minimum Gasteiger partial charge on any atom is -0.457 e. The molecule has 13 nitrogen and oxygen atoms in total. The lowest BCUT2D eigenvalue weighted by atomic mass is 10.0. The van der Waals surface area contributed by atoms with Crippen LogP contribution in [0.2, 0.25) is 0 Å². The maximum atomic E-state index is 14.0. The van der Waals surface area contributed by atoms with Gasteiger partial charge in [0, 0.05) is 10.7 Å². The molecule has 0 spiro atoms. The first-order chi connectivity index (χ1) is 24.5. The fourth-order valence-electron chi connectivity index (χ4n) is 5.25. The second-order valence-electron chi connectivity index (χ2n) is 12.1. The summed E-state index contributed by atoms with van der Waals surface area (Å²) in [7, 11) is 0. The first-order valence-corrected chi connectivity index (χ1v) is 18.1. The van der Waals surface area contributed by atoms with Gasteiger partial charge in [0.2, 0.25) is 13.0 Å².